The summed E-state index contributed by atoms with van der Waals surface area (Å²) in [6.07, 6.45) is 7.85. The maximum absolute atomic E-state index is 6.08. The summed E-state index contributed by atoms with van der Waals surface area (Å²) in [6, 6.07) is 0. The zero-order valence-electron chi connectivity index (χ0n) is 13.2. The predicted octanol–water partition coefficient (Wildman–Crippen LogP) is 0.843. The molecule has 6 nitrogen and oxygen atoms in total. The van der Waals surface area contributed by atoms with Crippen molar-refractivity contribution in [2.75, 3.05) is 13.1 Å². The average molecular weight is 303 g/mol. The fourth-order valence-corrected chi connectivity index (χ4v) is 3.58. The van der Waals surface area contributed by atoms with E-state index < -0.39 is 0 Å². The van der Waals surface area contributed by atoms with Gasteiger partial charge in [0.25, 0.3) is 0 Å². The van der Waals surface area contributed by atoms with Crippen molar-refractivity contribution < 1.29 is 4.74 Å². The molecule has 120 valence electrons. The summed E-state index contributed by atoms with van der Waals surface area (Å²) in [4.78, 5) is 0. The number of hydrogen-bond donors (Lipinski definition) is 3. The van der Waals surface area contributed by atoms with E-state index in [0.29, 0.717) is 11.6 Å². The molecule has 1 aliphatic heterocycles. The van der Waals surface area contributed by atoms with Crippen molar-refractivity contribution in [1.82, 2.24) is 15.1 Å². The minimum atomic E-state index is 0.239. The zero-order valence-corrected chi connectivity index (χ0v) is 13.2. The van der Waals surface area contributed by atoms with Gasteiger partial charge in [-0.3, -0.25) is 4.68 Å². The van der Waals surface area contributed by atoms with Crippen LogP contribution in [-0.4, -0.2) is 29.0 Å². The van der Waals surface area contributed by atoms with E-state index in [1.807, 2.05) is 20.2 Å². The summed E-state index contributed by atoms with van der Waals surface area (Å²) < 4.78 is 7.61. The van der Waals surface area contributed by atoms with Crippen LogP contribution in [0.15, 0.2) is 24.2 Å². The summed E-state index contributed by atoms with van der Waals surface area (Å²) in [5, 5.41) is 7.71. The monoisotopic (exact) mass is 303 g/mol. The Morgan fingerprint density at radius 1 is 1.32 bits per heavy atom. The first-order valence-corrected chi connectivity index (χ1v) is 7.84. The summed E-state index contributed by atoms with van der Waals surface area (Å²) in [6.45, 7) is 4.16. The summed E-state index contributed by atoms with van der Waals surface area (Å²) >= 11 is 0. The molecule has 0 aromatic carbocycles. The number of nitrogens with one attached hydrogen (secondary N) is 1. The molecule has 1 aromatic rings. The molecule has 2 aliphatic rings. The van der Waals surface area contributed by atoms with Crippen molar-refractivity contribution in [1.29, 1.82) is 0 Å². The van der Waals surface area contributed by atoms with Crippen LogP contribution in [0.5, 0.6) is 0 Å². The Labute approximate surface area is 131 Å². The number of nitrogens with zero attached hydrogens (tertiary/aromatic N) is 2. The third kappa shape index (κ3) is 3.11. The number of rotatable bonds is 4. The zero-order chi connectivity index (χ0) is 15.7. The van der Waals surface area contributed by atoms with E-state index >= 15 is 0 Å². The largest absolute Gasteiger partial charge is 0.476 e. The first-order chi connectivity index (χ1) is 10.5. The molecule has 6 heteroatoms. The lowest BCUT2D eigenvalue weighted by molar-refractivity contribution is 0.113. The molecule has 1 aliphatic carbocycles. The van der Waals surface area contributed by atoms with Crippen molar-refractivity contribution in [2.24, 2.45) is 30.4 Å². The van der Waals surface area contributed by atoms with Crippen molar-refractivity contribution in [3.8, 4) is 0 Å². The standard InChI is InChI=1S/C16H25N5O/c1-10-14(9-21(2)20-10)15(17)3-4-16(18)22-13-5-11-7-19-8-12(11)6-13/h3-4,9,11-13,19H,5-8,17-18H2,1-2H3/b15-3-,16-4+. The molecule has 0 radical (unpaired) electrons. The highest BCUT2D eigenvalue weighted by Gasteiger charge is 2.38. The summed E-state index contributed by atoms with van der Waals surface area (Å²) in [5.41, 5.74) is 14.5. The minimum Gasteiger partial charge on any atom is -0.476 e. The predicted molar refractivity (Wildman–Crippen MR) is 86.3 cm³/mol. The lowest BCUT2D eigenvalue weighted by Gasteiger charge is -2.14. The average Bonchev–Trinajstić information content (AvgIpc) is 3.10. The topological polar surface area (TPSA) is 91.1 Å². The molecular weight excluding hydrogens is 278 g/mol. The maximum atomic E-state index is 6.08. The fourth-order valence-electron chi connectivity index (χ4n) is 3.58. The van der Waals surface area contributed by atoms with E-state index in [4.69, 9.17) is 16.2 Å². The van der Waals surface area contributed by atoms with Gasteiger partial charge in [0.2, 0.25) is 0 Å². The van der Waals surface area contributed by atoms with E-state index in [1.165, 1.54) is 0 Å². The van der Waals surface area contributed by atoms with E-state index in [0.717, 1.165) is 49.0 Å². The van der Waals surface area contributed by atoms with Gasteiger partial charge in [-0.2, -0.15) is 5.10 Å². The van der Waals surface area contributed by atoms with Crippen LogP contribution in [0.2, 0.25) is 0 Å². The van der Waals surface area contributed by atoms with Gasteiger partial charge in [0.15, 0.2) is 5.88 Å². The third-order valence-electron chi connectivity index (χ3n) is 4.67. The third-order valence-corrected chi connectivity index (χ3v) is 4.67. The van der Waals surface area contributed by atoms with Gasteiger partial charge in [-0.25, -0.2) is 0 Å². The van der Waals surface area contributed by atoms with Gasteiger partial charge in [-0.05, 0) is 56.8 Å². The van der Waals surface area contributed by atoms with Crippen molar-refractivity contribution in [3.63, 3.8) is 0 Å². The highest BCUT2D eigenvalue weighted by Crippen LogP contribution is 2.36. The Morgan fingerprint density at radius 3 is 2.59 bits per heavy atom. The molecule has 22 heavy (non-hydrogen) atoms. The molecule has 0 amide bonds. The maximum Gasteiger partial charge on any atom is 0.184 e. The molecule has 2 heterocycles. The number of nitrogens with two attached hydrogens (primary N) is 2. The second-order valence-corrected chi connectivity index (χ2v) is 6.38. The number of hydrogen-bond acceptors (Lipinski definition) is 5. The van der Waals surface area contributed by atoms with Crippen LogP contribution < -0.4 is 16.8 Å². The van der Waals surface area contributed by atoms with Crippen molar-refractivity contribution in [3.05, 3.63) is 35.5 Å². The number of aryl methyl sites for hydroxylation is 2. The van der Waals surface area contributed by atoms with Gasteiger partial charge in [0.1, 0.15) is 6.10 Å². The normalized spacial score (nSPS) is 28.9. The number of aromatic nitrogens is 2. The van der Waals surface area contributed by atoms with Crippen LogP contribution in [0.4, 0.5) is 0 Å². The Kier molecular flexibility index (Phi) is 4.11. The molecule has 3 rings (SSSR count). The number of fused-ring (bicyclic) bond motifs is 1. The first kappa shape index (κ1) is 15.0. The molecule has 0 spiro atoms. The van der Waals surface area contributed by atoms with E-state index in [2.05, 4.69) is 10.4 Å². The van der Waals surface area contributed by atoms with Gasteiger partial charge in [-0.1, -0.05) is 0 Å². The quantitative estimate of drug-likeness (QED) is 0.566. The van der Waals surface area contributed by atoms with Crippen LogP contribution in [0.3, 0.4) is 0 Å². The number of ether oxygens (including phenoxy) is 1. The van der Waals surface area contributed by atoms with Crippen molar-refractivity contribution >= 4 is 5.70 Å². The second kappa shape index (κ2) is 6.04. The lowest BCUT2D eigenvalue weighted by atomic mass is 10.0. The minimum absolute atomic E-state index is 0.239. The van der Waals surface area contributed by atoms with Gasteiger partial charge in [0, 0.05) is 24.5 Å². The highest BCUT2D eigenvalue weighted by atomic mass is 16.5. The van der Waals surface area contributed by atoms with E-state index in [1.54, 1.807) is 16.8 Å². The molecule has 2 fully saturated rings. The van der Waals surface area contributed by atoms with Gasteiger partial charge in [-0.15, -0.1) is 0 Å². The fraction of sp³-hybridized carbons (Fsp3) is 0.562. The van der Waals surface area contributed by atoms with Crippen LogP contribution in [0.1, 0.15) is 24.1 Å². The number of allylic oxidation sites excluding steroid dienone is 2. The van der Waals surface area contributed by atoms with Gasteiger partial charge >= 0.3 is 0 Å². The van der Waals surface area contributed by atoms with Crippen LogP contribution >= 0.6 is 0 Å². The molecule has 1 saturated heterocycles. The summed E-state index contributed by atoms with van der Waals surface area (Å²) in [5.74, 6) is 1.93. The summed E-state index contributed by atoms with van der Waals surface area (Å²) in [7, 11) is 1.88. The van der Waals surface area contributed by atoms with Gasteiger partial charge in [0.05, 0.1) is 5.69 Å². The Balaban J connectivity index is 1.60. The molecule has 5 N–H and O–H groups in total. The molecule has 2 unspecified atom stereocenters. The van der Waals surface area contributed by atoms with Gasteiger partial charge < -0.3 is 21.5 Å². The molecule has 2 atom stereocenters. The van der Waals surface area contributed by atoms with Crippen LogP contribution in [0, 0.1) is 18.8 Å². The smallest absolute Gasteiger partial charge is 0.184 e. The van der Waals surface area contributed by atoms with Crippen molar-refractivity contribution in [2.45, 2.75) is 25.9 Å². The van der Waals surface area contributed by atoms with Crippen LogP contribution in [-0.2, 0) is 11.8 Å². The SMILES string of the molecule is Cc1nn(C)cc1/C(N)=C/C=C(\N)OC1CC2CNCC2C1. The lowest BCUT2D eigenvalue weighted by Crippen LogP contribution is -2.18. The molecule has 1 aromatic heterocycles. The molecular formula is C16H25N5O. The Hall–Kier alpha value is -1.95. The highest BCUT2D eigenvalue weighted by molar-refractivity contribution is 5.65. The van der Waals surface area contributed by atoms with Crippen LogP contribution in [0.25, 0.3) is 5.70 Å². The van der Waals surface area contributed by atoms with E-state index in [-0.39, 0.29) is 6.10 Å². The molecule has 1 saturated carbocycles. The first-order valence-electron chi connectivity index (χ1n) is 7.84. The van der Waals surface area contributed by atoms with E-state index in [9.17, 15) is 0 Å². The second-order valence-electron chi connectivity index (χ2n) is 6.38. The molecule has 0 bridgehead atoms. The Bertz CT molecular complexity index is 592. The Morgan fingerprint density at radius 2 is 2.00 bits per heavy atom.